The summed E-state index contributed by atoms with van der Waals surface area (Å²) in [5.74, 6) is -0.272. The van der Waals surface area contributed by atoms with Crippen LogP contribution in [0.4, 0.5) is 5.95 Å². The zero-order valence-electron chi connectivity index (χ0n) is 10.4. The summed E-state index contributed by atoms with van der Waals surface area (Å²) in [6, 6.07) is 0. The first kappa shape index (κ1) is 14.2. The van der Waals surface area contributed by atoms with Gasteiger partial charge in [-0.2, -0.15) is 9.97 Å². The number of nitrogen functional groups attached to an aromatic ring is 1. The van der Waals surface area contributed by atoms with Gasteiger partial charge in [0.15, 0.2) is 17.7 Å². The molecule has 1 fully saturated rings. The summed E-state index contributed by atoms with van der Waals surface area (Å²) in [6.45, 7) is -0.488. The third-order valence-corrected chi connectivity index (χ3v) is 3.49. The quantitative estimate of drug-likeness (QED) is 0.360. The van der Waals surface area contributed by atoms with Crippen molar-refractivity contribution < 1.29 is 20.1 Å². The number of ether oxygens (including phenoxy) is 1. The van der Waals surface area contributed by atoms with E-state index in [2.05, 4.69) is 27.9 Å². The molecule has 114 valence electrons. The van der Waals surface area contributed by atoms with Crippen molar-refractivity contribution in [3.05, 3.63) is 10.4 Å². The number of aromatic nitrogens is 5. The Labute approximate surface area is 122 Å². The van der Waals surface area contributed by atoms with Gasteiger partial charge in [0, 0.05) is 0 Å². The van der Waals surface area contributed by atoms with E-state index in [0.717, 1.165) is 8.88 Å². The number of thiol groups is 1. The van der Waals surface area contributed by atoms with E-state index in [1.807, 2.05) is 0 Å². The Morgan fingerprint density at radius 1 is 1.33 bits per heavy atom. The zero-order valence-corrected chi connectivity index (χ0v) is 11.3. The third-order valence-electron chi connectivity index (χ3n) is 3.21. The highest BCUT2D eigenvalue weighted by Gasteiger charge is 2.45. The van der Waals surface area contributed by atoms with Crippen LogP contribution in [0.15, 0.2) is 4.79 Å². The molecular formula is C9H12N6O5S. The van der Waals surface area contributed by atoms with Gasteiger partial charge in [-0.15, -0.1) is 9.30 Å². The average Bonchev–Trinajstić information content (AvgIpc) is 2.89. The van der Waals surface area contributed by atoms with Crippen molar-refractivity contribution in [2.45, 2.75) is 24.5 Å². The van der Waals surface area contributed by atoms with Crippen LogP contribution < -0.4 is 11.3 Å². The molecule has 0 saturated carbocycles. The Kier molecular flexibility index (Phi) is 3.33. The Morgan fingerprint density at radius 3 is 2.67 bits per heavy atom. The minimum Gasteiger partial charge on any atom is -0.394 e. The van der Waals surface area contributed by atoms with E-state index in [9.17, 15) is 15.0 Å². The number of anilines is 1. The molecule has 0 bridgehead atoms. The molecule has 4 atom stereocenters. The fourth-order valence-corrected chi connectivity index (χ4v) is 2.49. The lowest BCUT2D eigenvalue weighted by Gasteiger charge is -2.18. The van der Waals surface area contributed by atoms with Gasteiger partial charge < -0.3 is 25.8 Å². The van der Waals surface area contributed by atoms with Crippen LogP contribution in [0.25, 0.3) is 11.5 Å². The summed E-state index contributed by atoms with van der Waals surface area (Å²) in [6.07, 6.45) is -4.81. The number of hydrogen-bond donors (Lipinski definition) is 5. The molecule has 3 aliphatic heterocycles. The number of aliphatic hydroxyl groups is 3. The molecule has 0 aromatic carbocycles. The second kappa shape index (κ2) is 4.92. The molecule has 3 rings (SSSR count). The predicted octanol–water partition coefficient (Wildman–Crippen LogP) is -3.17. The largest absolute Gasteiger partial charge is 0.394 e. The first-order chi connectivity index (χ1) is 9.93. The minimum atomic E-state index is -1.37. The smallest absolute Gasteiger partial charge is 0.304 e. The van der Waals surface area contributed by atoms with Crippen molar-refractivity contribution in [3.63, 3.8) is 0 Å². The van der Waals surface area contributed by atoms with E-state index in [0.29, 0.717) is 0 Å². The van der Waals surface area contributed by atoms with E-state index >= 15 is 0 Å². The molecule has 0 aromatic heterocycles. The summed E-state index contributed by atoms with van der Waals surface area (Å²) < 4.78 is 7.42. The van der Waals surface area contributed by atoms with Gasteiger partial charge in [0.05, 0.1) is 6.61 Å². The van der Waals surface area contributed by atoms with Crippen LogP contribution in [0.2, 0.25) is 0 Å². The number of fused-ring (bicyclic) bond motifs is 1. The highest BCUT2D eigenvalue weighted by Crippen LogP contribution is 2.32. The van der Waals surface area contributed by atoms with E-state index in [-0.39, 0.29) is 17.5 Å². The number of nitrogens with zero attached hydrogens (tertiary/aromatic N) is 5. The normalized spacial score (nSPS) is 29.3. The summed E-state index contributed by atoms with van der Waals surface area (Å²) in [7, 11) is 0. The van der Waals surface area contributed by atoms with Crippen molar-refractivity contribution >= 4 is 18.8 Å². The summed E-state index contributed by atoms with van der Waals surface area (Å²) in [5, 5.41) is 32.7. The molecular weight excluding hydrogens is 304 g/mol. The van der Waals surface area contributed by atoms with Crippen molar-refractivity contribution in [2.24, 2.45) is 0 Å². The molecule has 11 nitrogen and oxygen atoms in total. The van der Waals surface area contributed by atoms with Gasteiger partial charge >= 0.3 is 5.56 Å². The van der Waals surface area contributed by atoms with Crippen LogP contribution >= 0.6 is 12.8 Å². The Morgan fingerprint density at radius 2 is 2.05 bits per heavy atom. The van der Waals surface area contributed by atoms with Crippen LogP contribution in [-0.2, 0) is 4.74 Å². The minimum absolute atomic E-state index is 0.00246. The molecule has 0 aliphatic carbocycles. The van der Waals surface area contributed by atoms with Gasteiger partial charge in [-0.1, -0.05) is 0 Å². The van der Waals surface area contributed by atoms with Crippen molar-refractivity contribution in [2.75, 3.05) is 12.3 Å². The molecule has 0 amide bonds. The number of rotatable bonds is 2. The summed E-state index contributed by atoms with van der Waals surface area (Å²) >= 11 is 4.03. The van der Waals surface area contributed by atoms with Gasteiger partial charge in [0.1, 0.15) is 18.3 Å². The molecule has 1 saturated heterocycles. The molecule has 3 heterocycles. The lowest BCUT2D eigenvalue weighted by Crippen LogP contribution is -2.33. The standard InChI is InChI=1S/C9H12N6O5S/c10-9-11-6-3(7(19)12-9)13-15(21)14(6)8-5(18)4(17)2(1-16)20-8/h2,4-5,8,16-18,21H,1H2,(H2,10,12,19)/t2-,4-,5-,8-/m1/s1. The van der Waals surface area contributed by atoms with E-state index in [1.54, 1.807) is 0 Å². The van der Waals surface area contributed by atoms with Crippen molar-refractivity contribution in [1.29, 1.82) is 0 Å². The molecule has 0 radical (unpaired) electrons. The Hall–Kier alpha value is -1.73. The topological polar surface area (TPSA) is 162 Å². The van der Waals surface area contributed by atoms with Gasteiger partial charge in [-0.3, -0.25) is 4.79 Å². The van der Waals surface area contributed by atoms with Crippen LogP contribution in [0.3, 0.4) is 0 Å². The van der Waals surface area contributed by atoms with Crippen LogP contribution in [-0.4, -0.2) is 64.2 Å². The second-order valence-corrected chi connectivity index (χ2v) is 4.86. The molecule has 0 spiro atoms. The maximum atomic E-state index is 11.7. The maximum absolute atomic E-state index is 11.7. The summed E-state index contributed by atoms with van der Waals surface area (Å²) in [4.78, 5) is 19.0. The lowest BCUT2D eigenvalue weighted by atomic mass is 10.1. The van der Waals surface area contributed by atoms with Crippen molar-refractivity contribution in [3.8, 4) is 11.5 Å². The van der Waals surface area contributed by atoms with E-state index < -0.39 is 36.7 Å². The molecule has 21 heavy (non-hydrogen) atoms. The van der Waals surface area contributed by atoms with Crippen LogP contribution in [0, 0.1) is 0 Å². The average molecular weight is 316 g/mol. The van der Waals surface area contributed by atoms with Crippen LogP contribution in [0.5, 0.6) is 0 Å². The Balaban J connectivity index is 2.13. The first-order valence-electron chi connectivity index (χ1n) is 5.90. The van der Waals surface area contributed by atoms with E-state index in [1.165, 1.54) is 0 Å². The van der Waals surface area contributed by atoms with Crippen LogP contribution in [0.1, 0.15) is 6.23 Å². The maximum Gasteiger partial charge on any atom is 0.304 e. The van der Waals surface area contributed by atoms with E-state index in [4.69, 9.17) is 15.6 Å². The van der Waals surface area contributed by atoms with Gasteiger partial charge in [0.2, 0.25) is 5.95 Å². The van der Waals surface area contributed by atoms with Gasteiger partial charge in [0.25, 0.3) is 0 Å². The number of nitrogens with two attached hydrogens (primary N) is 1. The Bertz CT molecular complexity index is 703. The molecule has 0 aromatic rings. The molecule has 12 heteroatoms. The molecule has 0 unspecified atom stereocenters. The van der Waals surface area contributed by atoms with Gasteiger partial charge in [-0.25, -0.2) is 4.68 Å². The molecule has 5 N–H and O–H groups in total. The monoisotopic (exact) mass is 316 g/mol. The van der Waals surface area contributed by atoms with Gasteiger partial charge in [-0.05, 0) is 12.8 Å². The fourth-order valence-electron chi connectivity index (χ4n) is 2.21. The SMILES string of the molecule is Nc1nc2n([C@@H]3O[C@H](CO)[C@@H](O)[C@H]3O)n(S)nc-2c(=O)n1. The third kappa shape index (κ3) is 2.08. The lowest BCUT2D eigenvalue weighted by molar-refractivity contribution is -0.0601. The first-order valence-corrected chi connectivity index (χ1v) is 6.30. The highest BCUT2D eigenvalue weighted by molar-refractivity contribution is 7.78. The summed E-state index contributed by atoms with van der Waals surface area (Å²) in [5.41, 5.74) is 4.61. The predicted molar refractivity (Wildman–Crippen MR) is 70.5 cm³/mol. The highest BCUT2D eigenvalue weighted by atomic mass is 32.1. The van der Waals surface area contributed by atoms with Crippen molar-refractivity contribution in [1.82, 2.24) is 24.0 Å². The molecule has 3 aliphatic rings. The second-order valence-electron chi connectivity index (χ2n) is 4.50. The zero-order chi connectivity index (χ0) is 15.3. The fraction of sp³-hybridized carbons (Fsp3) is 0.556. The number of aliphatic hydroxyl groups excluding tert-OH is 3. The number of hydrogen-bond acceptors (Lipinski definition) is 10.